The molecule has 1 N–H and O–H groups in total. The van der Waals surface area contributed by atoms with E-state index >= 15 is 0 Å². The Kier molecular flexibility index (Phi) is 5.26. The zero-order valence-electron chi connectivity index (χ0n) is 12.5. The molecule has 21 heavy (non-hydrogen) atoms. The van der Waals surface area contributed by atoms with Crippen LogP contribution < -0.4 is 5.32 Å². The van der Waals surface area contributed by atoms with Crippen LogP contribution in [0.1, 0.15) is 49.9 Å². The van der Waals surface area contributed by atoms with Crippen LogP contribution in [0.15, 0.2) is 46.7 Å². The number of anilines is 1. The number of hydrogen-bond donors (Lipinski definition) is 1. The summed E-state index contributed by atoms with van der Waals surface area (Å²) >= 11 is 3.89. The summed E-state index contributed by atoms with van der Waals surface area (Å²) in [5.41, 5.74) is 1.23. The summed E-state index contributed by atoms with van der Waals surface area (Å²) < 4.78 is 0. The van der Waals surface area contributed by atoms with Gasteiger partial charge >= 0.3 is 0 Å². The SMILES string of the molecule is CCC(Nc1ccc(SC2CCCC2)cc1)c1cccs1. The minimum Gasteiger partial charge on any atom is -0.377 e. The molecule has 112 valence electrons. The summed E-state index contributed by atoms with van der Waals surface area (Å²) in [4.78, 5) is 2.83. The van der Waals surface area contributed by atoms with Gasteiger partial charge in [-0.2, -0.15) is 0 Å². The molecule has 1 atom stereocenters. The zero-order valence-corrected chi connectivity index (χ0v) is 14.2. The van der Waals surface area contributed by atoms with E-state index < -0.39 is 0 Å². The van der Waals surface area contributed by atoms with Crippen LogP contribution in [0, 0.1) is 0 Å². The fourth-order valence-electron chi connectivity index (χ4n) is 2.89. The number of thiophene rings is 1. The fraction of sp³-hybridized carbons (Fsp3) is 0.444. The van der Waals surface area contributed by atoms with Crippen molar-refractivity contribution in [1.29, 1.82) is 0 Å². The fourth-order valence-corrected chi connectivity index (χ4v) is 5.00. The molecule has 1 unspecified atom stereocenters. The highest BCUT2D eigenvalue weighted by Crippen LogP contribution is 2.35. The maximum Gasteiger partial charge on any atom is 0.0603 e. The van der Waals surface area contributed by atoms with Crippen LogP contribution in [0.3, 0.4) is 0 Å². The van der Waals surface area contributed by atoms with Crippen molar-refractivity contribution in [2.24, 2.45) is 0 Å². The van der Waals surface area contributed by atoms with Crippen LogP contribution in [0.25, 0.3) is 0 Å². The lowest BCUT2D eigenvalue weighted by atomic mass is 10.1. The average molecular weight is 318 g/mol. The normalized spacial score (nSPS) is 17.0. The van der Waals surface area contributed by atoms with Crippen molar-refractivity contribution >= 4 is 28.8 Å². The first kappa shape index (κ1) is 15.0. The van der Waals surface area contributed by atoms with E-state index in [4.69, 9.17) is 0 Å². The summed E-state index contributed by atoms with van der Waals surface area (Å²) in [6, 6.07) is 13.8. The van der Waals surface area contributed by atoms with Gasteiger partial charge in [-0.1, -0.05) is 25.8 Å². The van der Waals surface area contributed by atoms with E-state index in [1.165, 1.54) is 41.1 Å². The number of benzene rings is 1. The van der Waals surface area contributed by atoms with Gasteiger partial charge in [0.25, 0.3) is 0 Å². The van der Waals surface area contributed by atoms with Crippen LogP contribution in [0.2, 0.25) is 0 Å². The van der Waals surface area contributed by atoms with E-state index in [1.54, 1.807) is 0 Å². The van der Waals surface area contributed by atoms with E-state index in [1.807, 2.05) is 11.3 Å². The molecule has 0 saturated heterocycles. The van der Waals surface area contributed by atoms with Crippen LogP contribution in [-0.2, 0) is 0 Å². The molecule has 3 heteroatoms. The molecule has 0 amide bonds. The molecule has 2 aromatic rings. The van der Waals surface area contributed by atoms with Gasteiger partial charge in [-0.05, 0) is 55.0 Å². The summed E-state index contributed by atoms with van der Waals surface area (Å²) in [6.07, 6.45) is 6.72. The molecule has 0 bridgehead atoms. The standard InChI is InChI=1S/C18H23NS2/c1-2-17(18-8-5-13-20-18)19-14-9-11-16(12-10-14)21-15-6-3-4-7-15/h5,8-13,15,17,19H,2-4,6-7H2,1H3. The molecule has 1 saturated carbocycles. The Morgan fingerprint density at radius 3 is 2.57 bits per heavy atom. The quantitative estimate of drug-likeness (QED) is 0.666. The molecule has 1 aromatic carbocycles. The van der Waals surface area contributed by atoms with E-state index in [-0.39, 0.29) is 0 Å². The summed E-state index contributed by atoms with van der Waals surface area (Å²) in [5, 5.41) is 6.65. The monoisotopic (exact) mass is 317 g/mol. The van der Waals surface area contributed by atoms with Crippen LogP contribution in [0.5, 0.6) is 0 Å². The van der Waals surface area contributed by atoms with Gasteiger partial charge in [-0.25, -0.2) is 0 Å². The van der Waals surface area contributed by atoms with Gasteiger partial charge in [0.05, 0.1) is 6.04 Å². The second-order valence-electron chi connectivity index (χ2n) is 5.67. The lowest BCUT2D eigenvalue weighted by Crippen LogP contribution is -2.07. The third kappa shape index (κ3) is 4.04. The van der Waals surface area contributed by atoms with Crippen molar-refractivity contribution in [3.8, 4) is 0 Å². The molecule has 1 aliphatic rings. The van der Waals surface area contributed by atoms with Crippen molar-refractivity contribution in [3.05, 3.63) is 46.7 Å². The van der Waals surface area contributed by atoms with Crippen molar-refractivity contribution in [1.82, 2.24) is 0 Å². The molecule has 0 spiro atoms. The first-order valence-electron chi connectivity index (χ1n) is 7.92. The van der Waals surface area contributed by atoms with Gasteiger partial charge in [0, 0.05) is 20.7 Å². The predicted octanol–water partition coefficient (Wildman–Crippen LogP) is 6.35. The van der Waals surface area contributed by atoms with Crippen molar-refractivity contribution < 1.29 is 0 Å². The first-order valence-corrected chi connectivity index (χ1v) is 9.67. The first-order chi connectivity index (χ1) is 10.3. The molecular weight excluding hydrogens is 294 g/mol. The highest BCUT2D eigenvalue weighted by atomic mass is 32.2. The van der Waals surface area contributed by atoms with Gasteiger partial charge < -0.3 is 5.32 Å². The van der Waals surface area contributed by atoms with Gasteiger partial charge in [0.2, 0.25) is 0 Å². The van der Waals surface area contributed by atoms with Crippen molar-refractivity contribution in [3.63, 3.8) is 0 Å². The highest BCUT2D eigenvalue weighted by molar-refractivity contribution is 8.00. The Hall–Kier alpha value is -0.930. The molecule has 1 heterocycles. The van der Waals surface area contributed by atoms with Gasteiger partial charge in [0.15, 0.2) is 0 Å². The second-order valence-corrected chi connectivity index (χ2v) is 8.02. The predicted molar refractivity (Wildman–Crippen MR) is 95.5 cm³/mol. The Labute approximate surface area is 136 Å². The molecular formula is C18H23NS2. The molecule has 1 fully saturated rings. The molecule has 1 aromatic heterocycles. The third-order valence-corrected chi connectivity index (χ3v) is 6.43. The Morgan fingerprint density at radius 1 is 1.19 bits per heavy atom. The largest absolute Gasteiger partial charge is 0.377 e. The van der Waals surface area contributed by atoms with Gasteiger partial charge in [-0.3, -0.25) is 0 Å². The number of rotatable bonds is 6. The number of nitrogens with one attached hydrogen (secondary N) is 1. The van der Waals surface area contributed by atoms with Crippen LogP contribution >= 0.6 is 23.1 Å². The smallest absolute Gasteiger partial charge is 0.0603 e. The van der Waals surface area contributed by atoms with Crippen LogP contribution in [-0.4, -0.2) is 5.25 Å². The minimum atomic E-state index is 0.429. The van der Waals surface area contributed by atoms with Crippen LogP contribution in [0.4, 0.5) is 5.69 Å². The highest BCUT2D eigenvalue weighted by Gasteiger charge is 2.16. The molecule has 0 radical (unpaired) electrons. The maximum atomic E-state index is 3.65. The van der Waals surface area contributed by atoms with E-state index in [9.17, 15) is 0 Å². The third-order valence-electron chi connectivity index (χ3n) is 4.10. The number of thioether (sulfide) groups is 1. The topological polar surface area (TPSA) is 12.0 Å². The Balaban J connectivity index is 1.60. The average Bonchev–Trinajstić information content (AvgIpc) is 3.20. The zero-order chi connectivity index (χ0) is 14.5. The molecule has 1 nitrogen and oxygen atoms in total. The van der Waals surface area contributed by atoms with Crippen molar-refractivity contribution in [2.45, 2.75) is 55.2 Å². The second kappa shape index (κ2) is 7.37. The minimum absolute atomic E-state index is 0.429. The summed E-state index contributed by atoms with van der Waals surface area (Å²) in [6.45, 7) is 2.24. The lowest BCUT2D eigenvalue weighted by molar-refractivity contribution is 0.764. The van der Waals surface area contributed by atoms with E-state index in [0.29, 0.717) is 6.04 Å². The van der Waals surface area contributed by atoms with E-state index in [0.717, 1.165) is 11.7 Å². The lowest BCUT2D eigenvalue weighted by Gasteiger charge is -2.17. The van der Waals surface area contributed by atoms with Gasteiger partial charge in [0.1, 0.15) is 0 Å². The molecule has 1 aliphatic carbocycles. The van der Waals surface area contributed by atoms with Crippen molar-refractivity contribution in [2.75, 3.05) is 5.32 Å². The number of hydrogen-bond acceptors (Lipinski definition) is 3. The van der Waals surface area contributed by atoms with Gasteiger partial charge in [-0.15, -0.1) is 23.1 Å². The summed E-state index contributed by atoms with van der Waals surface area (Å²) in [5.74, 6) is 0. The molecule has 3 rings (SSSR count). The molecule has 0 aliphatic heterocycles. The Bertz CT molecular complexity index is 527. The maximum absolute atomic E-state index is 3.65. The Morgan fingerprint density at radius 2 is 1.95 bits per heavy atom. The van der Waals surface area contributed by atoms with E-state index in [2.05, 4.69) is 65.8 Å². The summed E-state index contributed by atoms with van der Waals surface area (Å²) in [7, 11) is 0.